The molecule has 0 aromatic heterocycles. The normalized spacial score (nSPS) is 37.0. The van der Waals surface area contributed by atoms with E-state index in [0.717, 1.165) is 37.5 Å². The first-order valence-corrected chi connectivity index (χ1v) is 10.7. The van der Waals surface area contributed by atoms with Crippen LogP contribution in [0.3, 0.4) is 0 Å². The van der Waals surface area contributed by atoms with E-state index in [4.69, 9.17) is 9.84 Å². The van der Waals surface area contributed by atoms with Crippen LogP contribution >= 0.6 is 0 Å². The van der Waals surface area contributed by atoms with Gasteiger partial charge in [-0.15, -0.1) is 0 Å². The Balaban J connectivity index is 1.81. The van der Waals surface area contributed by atoms with Gasteiger partial charge in [-0.2, -0.15) is 0 Å². The highest BCUT2D eigenvalue weighted by molar-refractivity contribution is 5.68. The number of carbonyl (C=O) groups excluding carboxylic acids is 1. The Morgan fingerprint density at radius 1 is 1.31 bits per heavy atom. The molecule has 6 nitrogen and oxygen atoms in total. The minimum atomic E-state index is -0.883. The van der Waals surface area contributed by atoms with Gasteiger partial charge in [0.15, 0.2) is 0 Å². The van der Waals surface area contributed by atoms with Crippen LogP contribution in [-0.2, 0) is 14.3 Å². The van der Waals surface area contributed by atoms with E-state index < -0.39 is 35.6 Å². The zero-order valence-electron chi connectivity index (χ0n) is 17.0. The number of methoxy groups -OCH3 is 1. The molecule has 0 heterocycles. The molecule has 3 fully saturated rings. The van der Waals surface area contributed by atoms with Crippen LogP contribution in [0.4, 0.5) is 0 Å². The number of aliphatic hydroxyl groups is 2. The van der Waals surface area contributed by atoms with Crippen molar-refractivity contribution < 1.29 is 29.6 Å². The van der Waals surface area contributed by atoms with Crippen molar-refractivity contribution in [3.8, 4) is 11.8 Å². The van der Waals surface area contributed by atoms with Crippen LogP contribution in [0.5, 0.6) is 0 Å². The molecule has 6 heteroatoms. The largest absolute Gasteiger partial charge is 0.481 e. The van der Waals surface area contributed by atoms with E-state index in [-0.39, 0.29) is 18.3 Å². The van der Waals surface area contributed by atoms with E-state index >= 15 is 0 Å². The summed E-state index contributed by atoms with van der Waals surface area (Å²) >= 11 is 0. The number of fused-ring (bicyclic) bond motifs is 1. The number of hydrogen-bond acceptors (Lipinski definition) is 5. The van der Waals surface area contributed by atoms with Gasteiger partial charge in [0.25, 0.3) is 0 Å². The summed E-state index contributed by atoms with van der Waals surface area (Å²) in [5, 5.41) is 30.0. The molecule has 0 aromatic rings. The van der Waals surface area contributed by atoms with Crippen molar-refractivity contribution in [2.75, 3.05) is 7.11 Å². The molecule has 0 radical (unpaired) electrons. The van der Waals surface area contributed by atoms with Gasteiger partial charge in [-0.1, -0.05) is 37.2 Å². The number of aliphatic hydroxyl groups excluding tert-OH is 2. The molecule has 0 saturated heterocycles. The molecule has 160 valence electrons. The van der Waals surface area contributed by atoms with Crippen LogP contribution in [0.2, 0.25) is 0 Å². The second-order valence-electron chi connectivity index (χ2n) is 8.64. The fourth-order valence-electron chi connectivity index (χ4n) is 5.58. The van der Waals surface area contributed by atoms with Gasteiger partial charge in [0.1, 0.15) is 12.4 Å². The molecule has 3 saturated carbocycles. The van der Waals surface area contributed by atoms with Crippen molar-refractivity contribution in [1.29, 1.82) is 0 Å². The number of carboxylic acid groups (broad SMARTS) is 1. The summed E-state index contributed by atoms with van der Waals surface area (Å²) < 4.78 is 5.87. The molecule has 3 N–H and O–H groups in total. The second kappa shape index (κ2) is 9.42. The number of allylic oxidation sites excluding steroid dienone is 1. The van der Waals surface area contributed by atoms with Crippen molar-refractivity contribution in [3.63, 3.8) is 0 Å². The van der Waals surface area contributed by atoms with Crippen LogP contribution in [-0.4, -0.2) is 52.5 Å². The quantitative estimate of drug-likeness (QED) is 0.357. The van der Waals surface area contributed by atoms with Crippen LogP contribution < -0.4 is 0 Å². The Labute approximate surface area is 172 Å². The van der Waals surface area contributed by atoms with Crippen molar-refractivity contribution in [2.24, 2.45) is 23.7 Å². The number of carbonyl (C=O) groups is 2. The van der Waals surface area contributed by atoms with E-state index in [1.54, 1.807) is 7.11 Å². The lowest BCUT2D eigenvalue weighted by atomic mass is 9.48. The van der Waals surface area contributed by atoms with E-state index in [1.807, 2.05) is 6.08 Å². The summed E-state index contributed by atoms with van der Waals surface area (Å²) in [6.45, 7) is 0. The van der Waals surface area contributed by atoms with Crippen molar-refractivity contribution in [1.82, 2.24) is 0 Å². The summed E-state index contributed by atoms with van der Waals surface area (Å²) in [7, 11) is 1.60. The maximum Gasteiger partial charge on any atom is 0.303 e. The van der Waals surface area contributed by atoms with Gasteiger partial charge >= 0.3 is 5.97 Å². The van der Waals surface area contributed by atoms with Crippen LogP contribution in [0, 0.1) is 35.5 Å². The Morgan fingerprint density at radius 3 is 2.66 bits per heavy atom. The van der Waals surface area contributed by atoms with Gasteiger partial charge in [0.05, 0.1) is 17.6 Å². The summed E-state index contributed by atoms with van der Waals surface area (Å²) in [6.07, 6.45) is 8.08. The summed E-state index contributed by atoms with van der Waals surface area (Å²) in [5.74, 6) is 4.21. The Kier molecular flexibility index (Phi) is 7.15. The van der Waals surface area contributed by atoms with Gasteiger partial charge in [-0.05, 0) is 43.6 Å². The maximum absolute atomic E-state index is 11.9. The molecule has 3 rings (SSSR count). The number of aldehydes is 1. The molecule has 0 amide bonds. The smallest absolute Gasteiger partial charge is 0.303 e. The first-order chi connectivity index (χ1) is 13.9. The fraction of sp³-hybridized carbons (Fsp3) is 0.739. The van der Waals surface area contributed by atoms with Crippen LogP contribution in [0.15, 0.2) is 11.6 Å². The first kappa shape index (κ1) is 22.0. The lowest BCUT2D eigenvalue weighted by Gasteiger charge is -2.60. The van der Waals surface area contributed by atoms with Gasteiger partial charge < -0.3 is 24.9 Å². The molecule has 3 aliphatic carbocycles. The highest BCUT2D eigenvalue weighted by Gasteiger charge is 2.64. The standard InChI is InChI=1S/C23H32O6/c1-29-23-13-12-20(26)16(10-11-19(25)15-6-3-2-4-7-15)22(23)17(14-24)18(23)8-5-9-21(27)28/h8,14-17,19-20,22,25-26H,2-7,9,12-13H2,1H3,(H,27,28)/t16-,17?,19?,20+,22+,23-/m1/s1. The molecule has 0 bridgehead atoms. The van der Waals surface area contributed by atoms with Crippen molar-refractivity contribution in [3.05, 3.63) is 11.6 Å². The lowest BCUT2D eigenvalue weighted by molar-refractivity contribution is -0.168. The monoisotopic (exact) mass is 404 g/mol. The molecule has 29 heavy (non-hydrogen) atoms. The predicted octanol–water partition coefficient (Wildman–Crippen LogP) is 2.32. The summed E-state index contributed by atoms with van der Waals surface area (Å²) in [6, 6.07) is 0. The number of rotatable bonds is 6. The maximum atomic E-state index is 11.9. The molecule has 6 atom stereocenters. The summed E-state index contributed by atoms with van der Waals surface area (Å²) in [5.41, 5.74) is 0.131. The second-order valence-corrected chi connectivity index (χ2v) is 8.64. The van der Waals surface area contributed by atoms with Crippen molar-refractivity contribution in [2.45, 2.75) is 75.6 Å². The third kappa shape index (κ3) is 4.28. The highest BCUT2D eigenvalue weighted by Crippen LogP contribution is 2.59. The SMILES string of the molecule is CO[C@@]12CC[C@H](O)[C@@H](C#CC(O)C3CCCCC3)[C@H]1C(C=O)C2=CCCC(=O)O. The van der Waals surface area contributed by atoms with Gasteiger partial charge in [0, 0.05) is 25.4 Å². The number of ether oxygens (including phenoxy) is 1. The zero-order chi connectivity index (χ0) is 21.0. The Morgan fingerprint density at radius 2 is 2.03 bits per heavy atom. The topological polar surface area (TPSA) is 104 Å². The molecule has 0 spiro atoms. The molecule has 0 aromatic carbocycles. The van der Waals surface area contributed by atoms with Crippen LogP contribution in [0.25, 0.3) is 0 Å². The van der Waals surface area contributed by atoms with E-state index in [0.29, 0.717) is 19.3 Å². The van der Waals surface area contributed by atoms with Crippen molar-refractivity contribution >= 4 is 12.3 Å². The van der Waals surface area contributed by atoms with E-state index in [2.05, 4.69) is 11.8 Å². The average Bonchev–Trinajstić information content (AvgIpc) is 2.72. The third-order valence-electron chi connectivity index (χ3n) is 7.11. The molecule has 0 aliphatic heterocycles. The Hall–Kier alpha value is -1.68. The Bertz CT molecular complexity index is 698. The number of aliphatic carboxylic acids is 1. The van der Waals surface area contributed by atoms with E-state index in [9.17, 15) is 19.8 Å². The highest BCUT2D eigenvalue weighted by atomic mass is 16.5. The molecular formula is C23H32O6. The predicted molar refractivity (Wildman–Crippen MR) is 107 cm³/mol. The van der Waals surface area contributed by atoms with Gasteiger partial charge in [-0.25, -0.2) is 0 Å². The third-order valence-corrected chi connectivity index (χ3v) is 7.11. The van der Waals surface area contributed by atoms with Gasteiger partial charge in [-0.3, -0.25) is 4.79 Å². The average molecular weight is 405 g/mol. The number of hydrogen-bond donors (Lipinski definition) is 3. The molecule has 3 aliphatic rings. The zero-order valence-corrected chi connectivity index (χ0v) is 17.0. The van der Waals surface area contributed by atoms with Gasteiger partial charge in [0.2, 0.25) is 0 Å². The molecule has 2 unspecified atom stereocenters. The summed E-state index contributed by atoms with van der Waals surface area (Å²) in [4.78, 5) is 22.7. The first-order valence-electron chi connectivity index (χ1n) is 10.7. The minimum Gasteiger partial charge on any atom is -0.481 e. The van der Waals surface area contributed by atoms with E-state index in [1.165, 1.54) is 6.42 Å². The van der Waals surface area contributed by atoms with Crippen LogP contribution in [0.1, 0.15) is 57.8 Å². The molecular weight excluding hydrogens is 372 g/mol. The lowest BCUT2D eigenvalue weighted by Crippen LogP contribution is -2.65. The minimum absolute atomic E-state index is 0.00101. The fourth-order valence-corrected chi connectivity index (χ4v) is 5.58. The number of carboxylic acids is 1.